The van der Waals surface area contributed by atoms with Crippen molar-refractivity contribution in [2.45, 2.75) is 76.3 Å². The first-order chi connectivity index (χ1) is 18.2. The first kappa shape index (κ1) is 33.6. The van der Waals surface area contributed by atoms with Gasteiger partial charge in [-0.2, -0.15) is 26.3 Å². The summed E-state index contributed by atoms with van der Waals surface area (Å²) in [5, 5.41) is -0.123. The van der Waals surface area contributed by atoms with E-state index in [2.05, 4.69) is 27.4 Å². The van der Waals surface area contributed by atoms with E-state index in [0.29, 0.717) is 23.3 Å². The molecule has 0 N–H and O–H groups in total. The summed E-state index contributed by atoms with van der Waals surface area (Å²) in [5.41, 5.74) is -2.32. The standard InChI is InChI=1S/C29H36F6O4Si/c1-18(17-38-40(7,8)27(3,4)5)24(20-12-10-9-11-13-20)25(26(36)37-6)39-19(2)21-14-22(28(30,31)32)16-23(15-21)29(33,34)35/h9-16,19,24-25H,1,17H2,2-8H3. The van der Waals surface area contributed by atoms with Crippen LogP contribution in [0, 0.1) is 0 Å². The van der Waals surface area contributed by atoms with Crippen molar-refractivity contribution in [2.75, 3.05) is 13.7 Å². The summed E-state index contributed by atoms with van der Waals surface area (Å²) in [6.45, 7) is 15.7. The zero-order valence-electron chi connectivity index (χ0n) is 23.7. The van der Waals surface area contributed by atoms with E-state index in [1.165, 1.54) is 6.92 Å². The maximum Gasteiger partial charge on any atom is 0.416 e. The number of carbonyl (C=O) groups excluding carboxylic acids is 1. The first-order valence-corrected chi connectivity index (χ1v) is 15.5. The molecule has 11 heteroatoms. The molecule has 0 aliphatic heterocycles. The van der Waals surface area contributed by atoms with Gasteiger partial charge in [-0.25, -0.2) is 4.79 Å². The molecular formula is C29H36F6O4Si. The van der Waals surface area contributed by atoms with Crippen LogP contribution in [0.2, 0.25) is 18.1 Å². The van der Waals surface area contributed by atoms with Crippen molar-refractivity contribution in [3.8, 4) is 0 Å². The molecule has 0 fully saturated rings. The van der Waals surface area contributed by atoms with Gasteiger partial charge in [0.05, 0.1) is 30.9 Å². The molecule has 4 nitrogen and oxygen atoms in total. The Kier molecular flexibility index (Phi) is 10.5. The zero-order valence-corrected chi connectivity index (χ0v) is 24.7. The van der Waals surface area contributed by atoms with Crippen LogP contribution in [0.25, 0.3) is 0 Å². The molecule has 222 valence electrons. The molecular weight excluding hydrogens is 554 g/mol. The molecule has 0 aromatic heterocycles. The Bertz CT molecular complexity index is 1140. The third-order valence-electron chi connectivity index (χ3n) is 7.19. The first-order valence-electron chi connectivity index (χ1n) is 12.6. The Hall–Kier alpha value is -2.63. The summed E-state index contributed by atoms with van der Waals surface area (Å²) in [5.74, 6) is -1.73. The van der Waals surface area contributed by atoms with E-state index in [0.717, 1.165) is 7.11 Å². The van der Waals surface area contributed by atoms with Gasteiger partial charge in [0.2, 0.25) is 0 Å². The van der Waals surface area contributed by atoms with Crippen LogP contribution < -0.4 is 0 Å². The number of halogens is 6. The molecule has 3 unspecified atom stereocenters. The lowest BCUT2D eigenvalue weighted by Crippen LogP contribution is -2.42. The van der Waals surface area contributed by atoms with Gasteiger partial charge in [0.1, 0.15) is 0 Å². The fourth-order valence-electron chi connectivity index (χ4n) is 3.76. The Morgan fingerprint density at radius 2 is 1.40 bits per heavy atom. The highest BCUT2D eigenvalue weighted by Crippen LogP contribution is 2.41. The van der Waals surface area contributed by atoms with Crippen molar-refractivity contribution >= 4 is 14.3 Å². The number of alkyl halides is 6. The van der Waals surface area contributed by atoms with Crippen molar-refractivity contribution in [1.29, 1.82) is 0 Å². The van der Waals surface area contributed by atoms with Crippen molar-refractivity contribution in [2.24, 2.45) is 0 Å². The van der Waals surface area contributed by atoms with Crippen LogP contribution in [0.4, 0.5) is 26.3 Å². The maximum atomic E-state index is 13.5. The second kappa shape index (κ2) is 12.5. The highest BCUT2D eigenvalue weighted by Gasteiger charge is 2.41. The summed E-state index contributed by atoms with van der Waals surface area (Å²) < 4.78 is 98.0. The minimum Gasteiger partial charge on any atom is -0.467 e. The third kappa shape index (κ3) is 8.44. The van der Waals surface area contributed by atoms with Crippen molar-refractivity contribution in [3.05, 3.63) is 82.9 Å². The molecule has 3 atom stereocenters. The lowest BCUT2D eigenvalue weighted by Gasteiger charge is -2.37. The third-order valence-corrected chi connectivity index (χ3v) is 11.7. The molecule has 0 aliphatic carbocycles. The summed E-state index contributed by atoms with van der Waals surface area (Å²) >= 11 is 0. The number of hydrogen-bond acceptors (Lipinski definition) is 4. The Balaban J connectivity index is 2.55. The number of methoxy groups -OCH3 is 1. The molecule has 0 amide bonds. The fraction of sp³-hybridized carbons (Fsp3) is 0.483. The van der Waals surface area contributed by atoms with E-state index in [4.69, 9.17) is 13.9 Å². The minimum absolute atomic E-state index is 0.0425. The zero-order chi connectivity index (χ0) is 30.7. The van der Waals surface area contributed by atoms with Gasteiger partial charge >= 0.3 is 18.3 Å². The number of hydrogen-bond donors (Lipinski definition) is 0. The van der Waals surface area contributed by atoms with Crippen molar-refractivity contribution < 1.29 is 45.0 Å². The smallest absolute Gasteiger partial charge is 0.416 e. The number of esters is 1. The molecule has 2 rings (SSSR count). The van der Waals surface area contributed by atoms with Gasteiger partial charge in [0.15, 0.2) is 14.4 Å². The van der Waals surface area contributed by atoms with Gasteiger partial charge in [-0.3, -0.25) is 0 Å². The predicted molar refractivity (Wildman–Crippen MR) is 143 cm³/mol. The lowest BCUT2D eigenvalue weighted by molar-refractivity contribution is -0.159. The summed E-state index contributed by atoms with van der Waals surface area (Å²) in [7, 11) is -1.13. The highest BCUT2D eigenvalue weighted by atomic mass is 28.4. The lowest BCUT2D eigenvalue weighted by atomic mass is 9.87. The van der Waals surface area contributed by atoms with Gasteiger partial charge < -0.3 is 13.9 Å². The van der Waals surface area contributed by atoms with E-state index >= 15 is 0 Å². The van der Waals surface area contributed by atoms with Gasteiger partial charge in [0, 0.05) is 5.92 Å². The van der Waals surface area contributed by atoms with Crippen LogP contribution in [-0.4, -0.2) is 34.1 Å². The number of carbonyl (C=O) groups is 1. The second-order valence-corrected chi connectivity index (χ2v) is 16.0. The highest BCUT2D eigenvalue weighted by molar-refractivity contribution is 6.74. The second-order valence-electron chi connectivity index (χ2n) is 11.2. The van der Waals surface area contributed by atoms with Crippen molar-refractivity contribution in [3.63, 3.8) is 0 Å². The van der Waals surface area contributed by atoms with Crippen LogP contribution in [0.3, 0.4) is 0 Å². The van der Waals surface area contributed by atoms with E-state index in [-0.39, 0.29) is 17.7 Å². The Morgan fingerprint density at radius 3 is 1.82 bits per heavy atom. The number of benzene rings is 2. The van der Waals surface area contributed by atoms with Crippen LogP contribution in [0.15, 0.2) is 60.7 Å². The largest absolute Gasteiger partial charge is 0.467 e. The maximum absolute atomic E-state index is 13.5. The molecule has 0 aliphatic rings. The molecule has 0 radical (unpaired) electrons. The molecule has 2 aromatic rings. The van der Waals surface area contributed by atoms with Gasteiger partial charge in [-0.05, 0) is 60.0 Å². The molecule has 0 heterocycles. The topological polar surface area (TPSA) is 44.8 Å². The average molecular weight is 591 g/mol. The SMILES string of the molecule is C=C(CO[Si](C)(C)C(C)(C)C)C(c1ccccc1)C(OC(C)c1cc(C(F)(F)F)cc(C(F)(F)F)c1)C(=O)OC. The summed E-state index contributed by atoms with van der Waals surface area (Å²) in [4.78, 5) is 13.0. The van der Waals surface area contributed by atoms with Crippen LogP contribution >= 0.6 is 0 Å². The molecule has 0 saturated heterocycles. The van der Waals surface area contributed by atoms with E-state index in [1.807, 2.05) is 13.1 Å². The van der Waals surface area contributed by atoms with Crippen LogP contribution in [0.5, 0.6) is 0 Å². The summed E-state index contributed by atoms with van der Waals surface area (Å²) in [6, 6.07) is 9.86. The van der Waals surface area contributed by atoms with Gasteiger partial charge in [-0.1, -0.05) is 57.7 Å². The molecule has 0 spiro atoms. The van der Waals surface area contributed by atoms with Crippen LogP contribution in [0.1, 0.15) is 62.0 Å². The molecule has 0 saturated carbocycles. The normalized spacial score (nSPS) is 15.3. The van der Waals surface area contributed by atoms with E-state index in [1.54, 1.807) is 30.3 Å². The Labute approximate surface area is 232 Å². The van der Waals surface area contributed by atoms with Crippen molar-refractivity contribution in [1.82, 2.24) is 0 Å². The molecule has 0 bridgehead atoms. The van der Waals surface area contributed by atoms with E-state index in [9.17, 15) is 31.1 Å². The Morgan fingerprint density at radius 1 is 0.900 bits per heavy atom. The van der Waals surface area contributed by atoms with Gasteiger partial charge in [-0.15, -0.1) is 0 Å². The minimum atomic E-state index is -5.03. The summed E-state index contributed by atoms with van der Waals surface area (Å²) in [6.07, 6.45) is -12.9. The monoisotopic (exact) mass is 590 g/mol. The number of ether oxygens (including phenoxy) is 2. The fourth-order valence-corrected chi connectivity index (χ4v) is 4.74. The predicted octanol–water partition coefficient (Wildman–Crippen LogP) is 8.71. The molecule has 40 heavy (non-hydrogen) atoms. The quantitative estimate of drug-likeness (QED) is 0.120. The number of rotatable bonds is 10. The van der Waals surface area contributed by atoms with Gasteiger partial charge in [0.25, 0.3) is 0 Å². The average Bonchev–Trinajstić information content (AvgIpc) is 2.85. The van der Waals surface area contributed by atoms with E-state index < -0.39 is 61.5 Å². The van der Waals surface area contributed by atoms with Crippen LogP contribution in [-0.2, 0) is 31.0 Å². The molecule has 2 aromatic carbocycles.